The van der Waals surface area contributed by atoms with Crippen LogP contribution in [0.2, 0.25) is 0 Å². The summed E-state index contributed by atoms with van der Waals surface area (Å²) in [5.41, 5.74) is 1.50. The summed E-state index contributed by atoms with van der Waals surface area (Å²) in [4.78, 5) is 25.4. The first-order chi connectivity index (χ1) is 11.9. The molecule has 0 saturated carbocycles. The number of rotatable bonds is 2. The van der Waals surface area contributed by atoms with Gasteiger partial charge < -0.3 is 4.42 Å². The van der Waals surface area contributed by atoms with E-state index in [2.05, 4.69) is 9.40 Å². The number of hydrogen-bond donors (Lipinski definition) is 1. The van der Waals surface area contributed by atoms with Crippen molar-refractivity contribution in [2.75, 3.05) is 6.54 Å². The van der Waals surface area contributed by atoms with Gasteiger partial charge in [0, 0.05) is 13.1 Å². The molecule has 1 aromatic heterocycles. The van der Waals surface area contributed by atoms with Crippen LogP contribution >= 0.6 is 0 Å². The van der Waals surface area contributed by atoms with Crippen LogP contribution in [-0.2, 0) is 23.0 Å². The summed E-state index contributed by atoms with van der Waals surface area (Å²) in [6.07, 6.45) is 0.637. The lowest BCUT2D eigenvalue weighted by molar-refractivity contribution is 0.391. The van der Waals surface area contributed by atoms with Gasteiger partial charge in [-0.15, -0.1) is 0 Å². The molecule has 1 aliphatic heterocycles. The van der Waals surface area contributed by atoms with Gasteiger partial charge >= 0.3 is 11.4 Å². The highest BCUT2D eigenvalue weighted by molar-refractivity contribution is 7.89. The molecule has 0 amide bonds. The van der Waals surface area contributed by atoms with E-state index >= 15 is 0 Å². The molecule has 0 atom stereocenters. The smallest absolute Gasteiger partial charge is 0.372 e. The molecule has 0 bridgehead atoms. The molecule has 0 unspecified atom stereocenters. The molecular weight excluding hydrogens is 344 g/mol. The topological polar surface area (TPSA) is 100 Å². The van der Waals surface area contributed by atoms with Crippen LogP contribution in [0.5, 0.6) is 0 Å². The molecule has 0 radical (unpaired) electrons. The average Bonchev–Trinajstić information content (AvgIpc) is 2.60. The highest BCUT2D eigenvalue weighted by Gasteiger charge is 2.28. The summed E-state index contributed by atoms with van der Waals surface area (Å²) < 4.78 is 31.7. The Hall–Kier alpha value is -2.71. The Morgan fingerprint density at radius 1 is 1.04 bits per heavy atom. The molecule has 1 aliphatic rings. The van der Waals surface area contributed by atoms with Crippen LogP contribution in [0.4, 0.5) is 0 Å². The SMILES string of the molecule is O=c1[nH]c2ccc(S(=O)(=O)N3CCc4ccccc4C3)cc2c(=O)o1. The molecule has 1 N–H and O–H groups in total. The van der Waals surface area contributed by atoms with Crippen LogP contribution < -0.4 is 11.4 Å². The first kappa shape index (κ1) is 15.8. The van der Waals surface area contributed by atoms with Crippen LogP contribution in [0.25, 0.3) is 10.9 Å². The van der Waals surface area contributed by atoms with Gasteiger partial charge in [0.15, 0.2) is 0 Å². The predicted molar refractivity (Wildman–Crippen MR) is 90.8 cm³/mol. The van der Waals surface area contributed by atoms with Crippen molar-refractivity contribution in [3.8, 4) is 0 Å². The first-order valence-corrected chi connectivity index (χ1v) is 9.13. The van der Waals surface area contributed by atoms with E-state index in [9.17, 15) is 18.0 Å². The molecule has 0 aliphatic carbocycles. The van der Waals surface area contributed by atoms with Gasteiger partial charge in [0.2, 0.25) is 10.0 Å². The van der Waals surface area contributed by atoms with Crippen molar-refractivity contribution in [1.29, 1.82) is 0 Å². The monoisotopic (exact) mass is 358 g/mol. The Labute approximate surface area is 142 Å². The number of fused-ring (bicyclic) bond motifs is 2. The number of hydrogen-bond acceptors (Lipinski definition) is 5. The van der Waals surface area contributed by atoms with Gasteiger partial charge in [0.05, 0.1) is 15.8 Å². The summed E-state index contributed by atoms with van der Waals surface area (Å²) in [7, 11) is -3.76. The minimum atomic E-state index is -3.76. The zero-order valence-corrected chi connectivity index (χ0v) is 13.9. The number of nitrogens with zero attached hydrogens (tertiary/aromatic N) is 1. The molecule has 4 rings (SSSR count). The van der Waals surface area contributed by atoms with Crippen LogP contribution in [0.15, 0.2) is 61.4 Å². The molecule has 2 heterocycles. The normalized spacial score (nSPS) is 15.2. The van der Waals surface area contributed by atoms with Crippen molar-refractivity contribution in [3.05, 3.63) is 74.6 Å². The second-order valence-electron chi connectivity index (χ2n) is 5.87. The van der Waals surface area contributed by atoms with Crippen molar-refractivity contribution in [1.82, 2.24) is 9.29 Å². The Balaban J connectivity index is 1.77. The van der Waals surface area contributed by atoms with E-state index in [1.165, 1.54) is 22.5 Å². The minimum absolute atomic E-state index is 0.00118. The highest BCUT2D eigenvalue weighted by Crippen LogP contribution is 2.25. The van der Waals surface area contributed by atoms with E-state index in [4.69, 9.17) is 0 Å². The highest BCUT2D eigenvalue weighted by atomic mass is 32.2. The van der Waals surface area contributed by atoms with Gasteiger partial charge in [-0.1, -0.05) is 24.3 Å². The fourth-order valence-corrected chi connectivity index (χ4v) is 4.51. The Morgan fingerprint density at radius 2 is 1.80 bits per heavy atom. The molecule has 0 fully saturated rings. The first-order valence-electron chi connectivity index (χ1n) is 7.69. The van der Waals surface area contributed by atoms with Crippen LogP contribution in [-0.4, -0.2) is 24.3 Å². The molecule has 0 spiro atoms. The lowest BCUT2D eigenvalue weighted by Gasteiger charge is -2.28. The van der Waals surface area contributed by atoms with Gasteiger partial charge in [0.1, 0.15) is 0 Å². The maximum Gasteiger partial charge on any atom is 0.419 e. The quantitative estimate of drug-likeness (QED) is 0.742. The Bertz CT molecular complexity index is 1190. The number of aromatic amines is 1. The van der Waals surface area contributed by atoms with Crippen molar-refractivity contribution < 1.29 is 12.8 Å². The van der Waals surface area contributed by atoms with E-state index in [1.54, 1.807) is 0 Å². The second-order valence-corrected chi connectivity index (χ2v) is 7.80. The van der Waals surface area contributed by atoms with Crippen molar-refractivity contribution in [2.45, 2.75) is 17.9 Å². The molecule has 2 aromatic carbocycles. The van der Waals surface area contributed by atoms with Crippen LogP contribution in [0.1, 0.15) is 11.1 Å². The number of nitrogens with one attached hydrogen (secondary N) is 1. The van der Waals surface area contributed by atoms with Gasteiger partial charge in [-0.2, -0.15) is 4.31 Å². The third-order valence-corrected chi connectivity index (χ3v) is 6.21. The van der Waals surface area contributed by atoms with E-state index in [0.29, 0.717) is 13.0 Å². The fourth-order valence-electron chi connectivity index (χ4n) is 3.06. The van der Waals surface area contributed by atoms with E-state index < -0.39 is 21.4 Å². The zero-order chi connectivity index (χ0) is 17.6. The molecule has 8 heteroatoms. The van der Waals surface area contributed by atoms with Crippen molar-refractivity contribution in [3.63, 3.8) is 0 Å². The Kier molecular flexibility index (Phi) is 3.59. The lowest BCUT2D eigenvalue weighted by Crippen LogP contribution is -2.36. The van der Waals surface area contributed by atoms with Crippen molar-refractivity contribution in [2.24, 2.45) is 0 Å². The summed E-state index contributed by atoms with van der Waals surface area (Å²) in [5.74, 6) is -0.874. The number of aromatic nitrogens is 1. The number of H-pyrrole nitrogens is 1. The van der Waals surface area contributed by atoms with Gasteiger partial charge in [-0.05, 0) is 35.7 Å². The summed E-state index contributed by atoms with van der Waals surface area (Å²) in [6, 6.07) is 11.8. The van der Waals surface area contributed by atoms with Gasteiger partial charge in [-0.3, -0.25) is 4.98 Å². The van der Waals surface area contributed by atoms with Crippen molar-refractivity contribution >= 4 is 20.9 Å². The summed E-state index contributed by atoms with van der Waals surface area (Å²) in [5, 5.41) is 0.0260. The second kappa shape index (κ2) is 5.68. The van der Waals surface area contributed by atoms with E-state index in [1.807, 2.05) is 24.3 Å². The maximum absolute atomic E-state index is 12.9. The third kappa shape index (κ3) is 2.69. The summed E-state index contributed by atoms with van der Waals surface area (Å²) in [6.45, 7) is 0.661. The lowest BCUT2D eigenvalue weighted by atomic mass is 10.0. The van der Waals surface area contributed by atoms with Crippen LogP contribution in [0.3, 0.4) is 0 Å². The number of sulfonamides is 1. The van der Waals surface area contributed by atoms with E-state index in [0.717, 1.165) is 11.1 Å². The largest absolute Gasteiger partial charge is 0.419 e. The average molecular weight is 358 g/mol. The van der Waals surface area contributed by atoms with E-state index in [-0.39, 0.29) is 22.3 Å². The molecule has 0 saturated heterocycles. The zero-order valence-electron chi connectivity index (χ0n) is 13.1. The molecule has 7 nitrogen and oxygen atoms in total. The van der Waals surface area contributed by atoms with Gasteiger partial charge in [-0.25, -0.2) is 18.0 Å². The molecule has 128 valence electrons. The Morgan fingerprint density at radius 3 is 2.60 bits per heavy atom. The number of benzene rings is 2. The van der Waals surface area contributed by atoms with Gasteiger partial charge in [0.25, 0.3) is 0 Å². The molecule has 3 aromatic rings. The summed E-state index contributed by atoms with van der Waals surface area (Å²) >= 11 is 0. The third-order valence-electron chi connectivity index (χ3n) is 4.37. The molecule has 25 heavy (non-hydrogen) atoms. The van der Waals surface area contributed by atoms with Crippen LogP contribution in [0, 0.1) is 0 Å². The minimum Gasteiger partial charge on any atom is -0.372 e. The molecular formula is C17H14N2O5S. The fraction of sp³-hybridized carbons (Fsp3) is 0.176. The standard InChI is InChI=1S/C17H14N2O5S/c20-16-14-9-13(5-6-15(14)18-17(21)24-16)25(22,23)19-8-7-11-3-1-2-4-12(11)10-19/h1-6,9H,7-8,10H2,(H,18,21). The maximum atomic E-state index is 12.9. The predicted octanol–water partition coefficient (Wildman–Crippen LogP) is 1.23.